The van der Waals surface area contributed by atoms with Crippen molar-refractivity contribution in [3.8, 4) is 17.2 Å². The zero-order valence-electron chi connectivity index (χ0n) is 18.0. The highest BCUT2D eigenvalue weighted by Gasteiger charge is 2.34. The normalized spacial score (nSPS) is 15.4. The van der Waals surface area contributed by atoms with E-state index in [-0.39, 0.29) is 17.7 Å². The van der Waals surface area contributed by atoms with Crippen molar-refractivity contribution in [1.82, 2.24) is 4.90 Å². The minimum Gasteiger partial charge on any atom is -0.497 e. The number of anilines is 1. The summed E-state index contributed by atoms with van der Waals surface area (Å²) in [6.45, 7) is 1.69. The maximum absolute atomic E-state index is 12.5. The molecule has 31 heavy (non-hydrogen) atoms. The van der Waals surface area contributed by atoms with E-state index in [0.717, 1.165) is 29.7 Å². The van der Waals surface area contributed by atoms with Crippen LogP contribution >= 0.6 is 0 Å². The van der Waals surface area contributed by atoms with Crippen molar-refractivity contribution in [3.63, 3.8) is 0 Å². The number of methoxy groups -OCH3 is 2. The Morgan fingerprint density at radius 2 is 1.97 bits per heavy atom. The van der Waals surface area contributed by atoms with Crippen LogP contribution < -0.4 is 19.5 Å². The molecule has 164 valence electrons. The monoisotopic (exact) mass is 424 g/mol. The Kier molecular flexibility index (Phi) is 6.30. The third-order valence-electron chi connectivity index (χ3n) is 5.66. The molecule has 7 nitrogen and oxygen atoms in total. The summed E-state index contributed by atoms with van der Waals surface area (Å²) in [6, 6.07) is 11.3. The maximum atomic E-state index is 12.5. The molecule has 1 saturated carbocycles. The van der Waals surface area contributed by atoms with Gasteiger partial charge >= 0.3 is 0 Å². The molecular weight excluding hydrogens is 396 g/mol. The number of benzene rings is 2. The number of carbonyl (C=O) groups is 2. The largest absolute Gasteiger partial charge is 0.497 e. The molecule has 1 aliphatic heterocycles. The summed E-state index contributed by atoms with van der Waals surface area (Å²) in [5, 5.41) is 2.90. The lowest BCUT2D eigenvalue weighted by Crippen LogP contribution is -2.33. The average Bonchev–Trinajstić information content (AvgIpc) is 3.63. The van der Waals surface area contributed by atoms with Crippen LogP contribution in [0.4, 0.5) is 5.69 Å². The Hall–Kier alpha value is -3.22. The van der Waals surface area contributed by atoms with Crippen LogP contribution in [0.25, 0.3) is 0 Å². The molecule has 0 unspecified atom stereocenters. The van der Waals surface area contributed by atoms with E-state index in [4.69, 9.17) is 14.2 Å². The minimum atomic E-state index is -0.108. The highest BCUT2D eigenvalue weighted by molar-refractivity contribution is 5.92. The van der Waals surface area contributed by atoms with Crippen molar-refractivity contribution in [2.75, 3.05) is 32.7 Å². The van der Waals surface area contributed by atoms with Gasteiger partial charge < -0.3 is 24.4 Å². The van der Waals surface area contributed by atoms with Gasteiger partial charge in [0.15, 0.2) is 0 Å². The molecule has 0 radical (unpaired) electrons. The number of ether oxygens (including phenoxy) is 3. The number of nitrogens with zero attached hydrogens (tertiary/aromatic N) is 1. The number of rotatable bonds is 7. The lowest BCUT2D eigenvalue weighted by Gasteiger charge is -2.19. The highest BCUT2D eigenvalue weighted by Crippen LogP contribution is 2.33. The second-order valence-corrected chi connectivity index (χ2v) is 7.94. The van der Waals surface area contributed by atoms with Crippen LogP contribution in [0.1, 0.15) is 30.4 Å². The van der Waals surface area contributed by atoms with E-state index in [2.05, 4.69) is 5.32 Å². The van der Waals surface area contributed by atoms with Crippen LogP contribution in [0.15, 0.2) is 36.4 Å². The Bertz CT molecular complexity index is 970. The number of nitrogens with one attached hydrogen (secondary N) is 1. The highest BCUT2D eigenvalue weighted by atomic mass is 16.5. The van der Waals surface area contributed by atoms with Crippen LogP contribution in [0, 0.1) is 5.92 Å². The first-order valence-electron chi connectivity index (χ1n) is 10.6. The van der Waals surface area contributed by atoms with Gasteiger partial charge in [0.05, 0.1) is 26.5 Å². The molecule has 1 fully saturated rings. The van der Waals surface area contributed by atoms with Crippen molar-refractivity contribution in [2.45, 2.75) is 32.2 Å². The van der Waals surface area contributed by atoms with Gasteiger partial charge in [0.25, 0.3) is 0 Å². The second-order valence-electron chi connectivity index (χ2n) is 7.94. The standard InChI is InChI=1S/C24H28N2O5/c1-29-19-7-9-22(30-2)20(14-19)25-23(27)10-4-16-3-8-21-18(13-16)15-26(11-12-31-21)24(28)17-5-6-17/h3,7-9,13-14,17H,4-6,10-12,15H2,1-2H3,(H,25,27). The molecule has 2 aromatic rings. The predicted molar refractivity (Wildman–Crippen MR) is 117 cm³/mol. The summed E-state index contributed by atoms with van der Waals surface area (Å²) in [5.41, 5.74) is 2.62. The summed E-state index contributed by atoms with van der Waals surface area (Å²) < 4.78 is 16.4. The zero-order valence-corrected chi connectivity index (χ0v) is 18.0. The number of amides is 2. The van der Waals surface area contributed by atoms with E-state index in [9.17, 15) is 9.59 Å². The van der Waals surface area contributed by atoms with Crippen molar-refractivity contribution < 1.29 is 23.8 Å². The summed E-state index contributed by atoms with van der Waals surface area (Å²) in [5.74, 6) is 2.36. The van der Waals surface area contributed by atoms with Crippen molar-refractivity contribution in [1.29, 1.82) is 0 Å². The van der Waals surface area contributed by atoms with Gasteiger partial charge in [0, 0.05) is 30.5 Å². The average molecular weight is 424 g/mol. The third-order valence-corrected chi connectivity index (χ3v) is 5.66. The fourth-order valence-electron chi connectivity index (χ4n) is 3.76. The molecule has 1 heterocycles. The first kappa shape index (κ1) is 21.0. The van der Waals surface area contributed by atoms with Gasteiger partial charge in [-0.3, -0.25) is 9.59 Å². The fourth-order valence-corrected chi connectivity index (χ4v) is 3.76. The summed E-state index contributed by atoms with van der Waals surface area (Å²) in [4.78, 5) is 26.9. The van der Waals surface area contributed by atoms with Gasteiger partial charge in [-0.1, -0.05) is 12.1 Å². The van der Waals surface area contributed by atoms with Gasteiger partial charge in [-0.15, -0.1) is 0 Å². The molecule has 2 aromatic carbocycles. The predicted octanol–water partition coefficient (Wildman–Crippen LogP) is 3.41. The molecule has 0 atom stereocenters. The molecule has 1 N–H and O–H groups in total. The van der Waals surface area contributed by atoms with Crippen molar-refractivity contribution >= 4 is 17.5 Å². The van der Waals surface area contributed by atoms with Crippen molar-refractivity contribution in [3.05, 3.63) is 47.5 Å². The molecule has 0 spiro atoms. The van der Waals surface area contributed by atoms with Gasteiger partial charge in [-0.25, -0.2) is 0 Å². The number of aryl methyl sites for hydroxylation is 1. The topological polar surface area (TPSA) is 77.1 Å². The SMILES string of the molecule is COc1ccc(OC)c(NC(=O)CCc2ccc3c(c2)CN(C(=O)C2CC2)CCO3)c1. The summed E-state index contributed by atoms with van der Waals surface area (Å²) in [7, 11) is 3.14. The minimum absolute atomic E-state index is 0.108. The summed E-state index contributed by atoms with van der Waals surface area (Å²) in [6.07, 6.45) is 2.90. The van der Waals surface area contributed by atoms with E-state index in [1.54, 1.807) is 32.4 Å². The first-order valence-corrected chi connectivity index (χ1v) is 10.6. The maximum Gasteiger partial charge on any atom is 0.226 e. The fraction of sp³-hybridized carbons (Fsp3) is 0.417. The quantitative estimate of drug-likeness (QED) is 0.737. The van der Waals surface area contributed by atoms with Gasteiger partial charge in [-0.05, 0) is 43.0 Å². The third kappa shape index (κ3) is 5.10. The molecule has 7 heteroatoms. The van der Waals surface area contributed by atoms with Crippen LogP contribution in [0.2, 0.25) is 0 Å². The van der Waals surface area contributed by atoms with Crippen LogP contribution in [0.3, 0.4) is 0 Å². The molecule has 2 amide bonds. The smallest absolute Gasteiger partial charge is 0.226 e. The summed E-state index contributed by atoms with van der Waals surface area (Å²) >= 11 is 0. The second kappa shape index (κ2) is 9.29. The number of fused-ring (bicyclic) bond motifs is 1. The molecular formula is C24H28N2O5. The zero-order chi connectivity index (χ0) is 21.8. The first-order chi connectivity index (χ1) is 15.1. The molecule has 4 rings (SSSR count). The molecule has 1 aliphatic carbocycles. The lowest BCUT2D eigenvalue weighted by atomic mass is 10.0. The van der Waals surface area contributed by atoms with E-state index < -0.39 is 0 Å². The van der Waals surface area contributed by atoms with E-state index >= 15 is 0 Å². The van der Waals surface area contributed by atoms with Gasteiger partial charge in [0.2, 0.25) is 11.8 Å². The molecule has 0 saturated heterocycles. The number of hydrogen-bond donors (Lipinski definition) is 1. The number of carbonyl (C=O) groups excluding carboxylic acids is 2. The molecule has 0 aromatic heterocycles. The van der Waals surface area contributed by atoms with Crippen LogP contribution in [-0.4, -0.2) is 44.1 Å². The Morgan fingerprint density at radius 1 is 1.13 bits per heavy atom. The number of hydrogen-bond acceptors (Lipinski definition) is 5. The lowest BCUT2D eigenvalue weighted by molar-refractivity contribution is -0.133. The van der Waals surface area contributed by atoms with E-state index in [0.29, 0.717) is 49.7 Å². The Labute approximate surface area is 182 Å². The van der Waals surface area contributed by atoms with Gasteiger partial charge in [0.1, 0.15) is 23.9 Å². The molecule has 0 bridgehead atoms. The Morgan fingerprint density at radius 3 is 2.71 bits per heavy atom. The van der Waals surface area contributed by atoms with E-state index in [1.807, 2.05) is 23.1 Å². The van der Waals surface area contributed by atoms with E-state index in [1.165, 1.54) is 0 Å². The van der Waals surface area contributed by atoms with Gasteiger partial charge in [-0.2, -0.15) is 0 Å². The van der Waals surface area contributed by atoms with Crippen molar-refractivity contribution in [2.24, 2.45) is 5.92 Å². The van der Waals surface area contributed by atoms with Crippen LogP contribution in [-0.2, 0) is 22.6 Å². The Balaban J connectivity index is 1.39. The molecule has 2 aliphatic rings. The van der Waals surface area contributed by atoms with Crippen LogP contribution in [0.5, 0.6) is 17.2 Å².